The molecule has 0 bridgehead atoms. The van der Waals surface area contributed by atoms with E-state index < -0.39 is 0 Å². The molecule has 1 N–H and O–H groups in total. The maximum absolute atomic E-state index is 11.2. The minimum absolute atomic E-state index is 0.0612. The molecule has 1 unspecified atom stereocenters. The lowest BCUT2D eigenvalue weighted by Gasteiger charge is -2.36. The Bertz CT molecular complexity index is 608. The van der Waals surface area contributed by atoms with Crippen LogP contribution in [-0.2, 0) is 0 Å². The Morgan fingerprint density at radius 2 is 1.95 bits per heavy atom. The molecule has 3 rings (SSSR count). The fourth-order valence-electron chi connectivity index (χ4n) is 4.20. The van der Waals surface area contributed by atoms with Crippen molar-refractivity contribution in [2.75, 3.05) is 0 Å². The number of benzene rings is 1. The summed E-state index contributed by atoms with van der Waals surface area (Å²) in [6, 6.07) is 8.24. The number of aromatic nitrogens is 1. The minimum atomic E-state index is -0.367. The molecule has 1 aliphatic rings. The van der Waals surface area contributed by atoms with E-state index in [2.05, 4.69) is 31.0 Å². The van der Waals surface area contributed by atoms with E-state index in [4.69, 9.17) is 0 Å². The second-order valence-electron chi connectivity index (χ2n) is 7.01. The highest BCUT2D eigenvalue weighted by Crippen LogP contribution is 2.52. The van der Waals surface area contributed by atoms with Gasteiger partial charge < -0.3 is 5.11 Å². The molecule has 2 heteroatoms. The monoisotopic (exact) mass is 283 g/mol. The summed E-state index contributed by atoms with van der Waals surface area (Å²) in [5.74, 6) is 0.620. The van der Waals surface area contributed by atoms with Crippen molar-refractivity contribution >= 4 is 10.8 Å². The Morgan fingerprint density at radius 1 is 1.19 bits per heavy atom. The smallest absolute Gasteiger partial charge is 0.0852 e. The maximum Gasteiger partial charge on any atom is 0.0852 e. The summed E-state index contributed by atoms with van der Waals surface area (Å²) in [7, 11) is 0. The van der Waals surface area contributed by atoms with Crippen molar-refractivity contribution in [1.29, 1.82) is 0 Å². The molecule has 1 atom stereocenters. The van der Waals surface area contributed by atoms with Gasteiger partial charge in [-0.2, -0.15) is 0 Å². The van der Waals surface area contributed by atoms with E-state index in [-0.39, 0.29) is 11.5 Å². The first-order chi connectivity index (χ1) is 10.1. The van der Waals surface area contributed by atoms with Crippen molar-refractivity contribution in [2.24, 2.45) is 11.3 Å². The molecule has 1 fully saturated rings. The highest BCUT2D eigenvalue weighted by atomic mass is 16.3. The molecule has 0 saturated heterocycles. The van der Waals surface area contributed by atoms with Crippen LogP contribution in [0.25, 0.3) is 10.8 Å². The average Bonchev–Trinajstić information content (AvgIpc) is 2.95. The number of nitrogens with zero attached hydrogens (tertiary/aromatic N) is 1. The maximum atomic E-state index is 11.2. The summed E-state index contributed by atoms with van der Waals surface area (Å²) >= 11 is 0. The van der Waals surface area contributed by atoms with Crippen LogP contribution < -0.4 is 0 Å². The number of pyridine rings is 1. The van der Waals surface area contributed by atoms with Gasteiger partial charge in [0, 0.05) is 23.2 Å². The Morgan fingerprint density at radius 3 is 2.67 bits per heavy atom. The molecule has 0 spiro atoms. The predicted molar refractivity (Wildman–Crippen MR) is 87.1 cm³/mol. The van der Waals surface area contributed by atoms with Crippen molar-refractivity contribution in [1.82, 2.24) is 4.98 Å². The molecule has 0 aliphatic heterocycles. The Balaban J connectivity index is 2.04. The molecule has 1 heterocycles. The van der Waals surface area contributed by atoms with Crippen LogP contribution >= 0.6 is 0 Å². The third-order valence-electron chi connectivity index (χ3n) is 5.00. The van der Waals surface area contributed by atoms with Gasteiger partial charge in [-0.15, -0.1) is 0 Å². The van der Waals surface area contributed by atoms with E-state index in [1.807, 2.05) is 24.5 Å². The summed E-state index contributed by atoms with van der Waals surface area (Å²) in [5.41, 5.74) is 1.14. The largest absolute Gasteiger partial charge is 0.388 e. The summed E-state index contributed by atoms with van der Waals surface area (Å²) < 4.78 is 0. The zero-order valence-corrected chi connectivity index (χ0v) is 13.0. The van der Waals surface area contributed by atoms with Gasteiger partial charge in [-0.25, -0.2) is 0 Å². The quantitative estimate of drug-likeness (QED) is 0.868. The number of aliphatic hydroxyl groups excluding tert-OH is 1. The lowest BCUT2D eigenvalue weighted by molar-refractivity contribution is 0.0122. The molecule has 2 aromatic rings. The van der Waals surface area contributed by atoms with Crippen LogP contribution in [0.2, 0.25) is 0 Å². The summed E-state index contributed by atoms with van der Waals surface area (Å²) in [4.78, 5) is 4.19. The van der Waals surface area contributed by atoms with Gasteiger partial charge in [-0.3, -0.25) is 4.98 Å². The van der Waals surface area contributed by atoms with Crippen molar-refractivity contribution in [3.05, 3.63) is 42.2 Å². The lowest BCUT2D eigenvalue weighted by atomic mass is 9.71. The molecule has 0 amide bonds. The molecule has 21 heavy (non-hydrogen) atoms. The number of hydrogen-bond acceptors (Lipinski definition) is 2. The van der Waals surface area contributed by atoms with Crippen LogP contribution in [0.1, 0.15) is 57.6 Å². The van der Waals surface area contributed by atoms with E-state index in [9.17, 15) is 5.11 Å². The highest BCUT2D eigenvalue weighted by Gasteiger charge is 2.41. The molecular weight excluding hydrogens is 258 g/mol. The standard InChI is InChI=1S/C19H25NO/c1-14(2)12-19(9-3-4-10-19)18(21)17-7-5-6-15-13-20-11-8-16(15)17/h5-8,11,13-14,18,21H,3-4,9-10,12H2,1-2H3. The van der Waals surface area contributed by atoms with Crippen molar-refractivity contribution in [3.63, 3.8) is 0 Å². The van der Waals surface area contributed by atoms with E-state index >= 15 is 0 Å². The van der Waals surface area contributed by atoms with Gasteiger partial charge in [0.15, 0.2) is 0 Å². The van der Waals surface area contributed by atoms with Gasteiger partial charge in [0.25, 0.3) is 0 Å². The first-order valence-corrected chi connectivity index (χ1v) is 8.13. The third-order valence-corrected chi connectivity index (χ3v) is 5.00. The molecular formula is C19H25NO. The molecule has 1 aliphatic carbocycles. The van der Waals surface area contributed by atoms with E-state index in [0.29, 0.717) is 5.92 Å². The molecule has 2 nitrogen and oxygen atoms in total. The summed E-state index contributed by atoms with van der Waals surface area (Å²) in [6.07, 6.45) is 9.23. The van der Waals surface area contributed by atoms with Gasteiger partial charge in [0.2, 0.25) is 0 Å². The summed E-state index contributed by atoms with van der Waals surface area (Å²) in [5, 5.41) is 13.5. The van der Waals surface area contributed by atoms with Crippen LogP contribution in [0, 0.1) is 11.3 Å². The van der Waals surface area contributed by atoms with Crippen LogP contribution in [0.4, 0.5) is 0 Å². The normalized spacial score (nSPS) is 19.2. The number of rotatable bonds is 4. The average molecular weight is 283 g/mol. The molecule has 112 valence electrons. The highest BCUT2D eigenvalue weighted by molar-refractivity contribution is 5.85. The van der Waals surface area contributed by atoms with Crippen LogP contribution in [0.5, 0.6) is 0 Å². The third kappa shape index (κ3) is 2.69. The van der Waals surface area contributed by atoms with Crippen LogP contribution in [-0.4, -0.2) is 10.1 Å². The van der Waals surface area contributed by atoms with Crippen molar-refractivity contribution in [2.45, 2.75) is 52.1 Å². The van der Waals surface area contributed by atoms with E-state index in [0.717, 1.165) is 35.6 Å². The fraction of sp³-hybridized carbons (Fsp3) is 0.526. The predicted octanol–water partition coefficient (Wildman–Crippen LogP) is 4.87. The Labute approximate surface area is 127 Å². The minimum Gasteiger partial charge on any atom is -0.388 e. The molecule has 1 aromatic carbocycles. The van der Waals surface area contributed by atoms with Gasteiger partial charge in [-0.1, -0.05) is 44.9 Å². The second-order valence-corrected chi connectivity index (χ2v) is 7.01. The first kappa shape index (κ1) is 14.5. The Kier molecular flexibility index (Phi) is 3.99. The first-order valence-electron chi connectivity index (χ1n) is 8.13. The fourth-order valence-corrected chi connectivity index (χ4v) is 4.20. The van der Waals surface area contributed by atoms with Gasteiger partial charge in [-0.05, 0) is 42.2 Å². The van der Waals surface area contributed by atoms with Crippen molar-refractivity contribution < 1.29 is 5.11 Å². The van der Waals surface area contributed by atoms with Crippen LogP contribution in [0.3, 0.4) is 0 Å². The number of fused-ring (bicyclic) bond motifs is 1. The van der Waals surface area contributed by atoms with Gasteiger partial charge >= 0.3 is 0 Å². The molecule has 0 radical (unpaired) electrons. The second kappa shape index (κ2) is 5.76. The van der Waals surface area contributed by atoms with Gasteiger partial charge in [0.1, 0.15) is 0 Å². The Hall–Kier alpha value is -1.41. The lowest BCUT2D eigenvalue weighted by Crippen LogP contribution is -2.28. The van der Waals surface area contributed by atoms with E-state index in [1.165, 1.54) is 12.8 Å². The molecule has 1 saturated carbocycles. The van der Waals surface area contributed by atoms with Crippen LogP contribution in [0.15, 0.2) is 36.7 Å². The number of hydrogen-bond donors (Lipinski definition) is 1. The topological polar surface area (TPSA) is 33.1 Å². The zero-order chi connectivity index (χ0) is 14.9. The zero-order valence-electron chi connectivity index (χ0n) is 13.0. The van der Waals surface area contributed by atoms with E-state index in [1.54, 1.807) is 0 Å². The SMILES string of the molecule is CC(C)CC1(C(O)c2cccc3cnccc23)CCCC1. The van der Waals surface area contributed by atoms with Gasteiger partial charge in [0.05, 0.1) is 6.10 Å². The van der Waals surface area contributed by atoms with Crippen molar-refractivity contribution in [3.8, 4) is 0 Å². The molecule has 1 aromatic heterocycles. The number of aliphatic hydroxyl groups is 1. The summed E-state index contributed by atoms with van der Waals surface area (Å²) in [6.45, 7) is 4.53.